The van der Waals surface area contributed by atoms with Crippen LogP contribution in [0.25, 0.3) is 64.7 Å². The highest BCUT2D eigenvalue weighted by Crippen LogP contribution is 2.43. The Morgan fingerprint density at radius 1 is 0.733 bits per heavy atom. The first-order chi connectivity index (χ1) is 14.8. The van der Waals surface area contributed by atoms with Gasteiger partial charge in [0.05, 0.1) is 10.4 Å². The van der Waals surface area contributed by atoms with Crippen LogP contribution in [0.2, 0.25) is 5.02 Å². The molecule has 3 aromatic heterocycles. The summed E-state index contributed by atoms with van der Waals surface area (Å²) < 4.78 is 14.7. The minimum Gasteiger partial charge on any atom is -0.454 e. The van der Waals surface area contributed by atoms with E-state index in [0.717, 1.165) is 27.4 Å². The first-order valence-corrected chi connectivity index (χ1v) is 10.8. The van der Waals surface area contributed by atoms with Crippen molar-refractivity contribution in [2.24, 2.45) is 0 Å². The van der Waals surface area contributed by atoms with Crippen molar-refractivity contribution >= 4 is 76.1 Å². The molecule has 4 aromatic carbocycles. The van der Waals surface area contributed by atoms with Crippen LogP contribution in [0.1, 0.15) is 0 Å². The molecular weight excluding hydrogens is 414 g/mol. The predicted molar refractivity (Wildman–Crippen MR) is 125 cm³/mol. The van der Waals surface area contributed by atoms with E-state index >= 15 is 0 Å². The second-order valence-corrected chi connectivity index (χ2v) is 8.79. The zero-order chi connectivity index (χ0) is 19.8. The van der Waals surface area contributed by atoms with E-state index in [1.807, 2.05) is 24.3 Å². The monoisotopic (exact) mass is 425 g/mol. The van der Waals surface area contributed by atoms with Gasteiger partial charge in [0.1, 0.15) is 11.1 Å². The molecule has 0 spiro atoms. The number of fused-ring (bicyclic) bond motifs is 8. The molecule has 3 heterocycles. The standard InChI is InChI=1S/C25H12ClNO2S/c26-16-12-18-23(22-13-6-1-3-9-17(13)28-24(16)22)27-25(29-18)15-8-5-11-20-21(15)14-7-2-4-10-19(14)30-20/h1-12H. The van der Waals surface area contributed by atoms with E-state index in [0.29, 0.717) is 22.1 Å². The lowest BCUT2D eigenvalue weighted by Crippen LogP contribution is -1.79. The maximum Gasteiger partial charge on any atom is 0.228 e. The van der Waals surface area contributed by atoms with E-state index in [-0.39, 0.29) is 0 Å². The Bertz CT molecular complexity index is 1770. The van der Waals surface area contributed by atoms with Gasteiger partial charge in [0.2, 0.25) is 5.89 Å². The van der Waals surface area contributed by atoms with Gasteiger partial charge in [0.15, 0.2) is 11.2 Å². The molecule has 7 rings (SSSR count). The number of nitrogens with zero attached hydrogens (tertiary/aromatic N) is 1. The van der Waals surface area contributed by atoms with Crippen molar-refractivity contribution in [3.63, 3.8) is 0 Å². The molecule has 3 nitrogen and oxygen atoms in total. The van der Waals surface area contributed by atoms with Crippen LogP contribution in [-0.2, 0) is 0 Å². The minimum atomic E-state index is 0.524. The second kappa shape index (κ2) is 5.85. The zero-order valence-electron chi connectivity index (χ0n) is 15.5. The van der Waals surface area contributed by atoms with E-state index in [1.165, 1.54) is 20.2 Å². The number of rotatable bonds is 1. The normalized spacial score (nSPS) is 12.2. The van der Waals surface area contributed by atoms with E-state index in [1.54, 1.807) is 17.4 Å². The highest BCUT2D eigenvalue weighted by Gasteiger charge is 2.20. The van der Waals surface area contributed by atoms with Crippen LogP contribution in [-0.4, -0.2) is 4.98 Å². The molecule has 0 atom stereocenters. The van der Waals surface area contributed by atoms with Crippen molar-refractivity contribution in [2.75, 3.05) is 0 Å². The Balaban J connectivity index is 1.61. The summed E-state index contributed by atoms with van der Waals surface area (Å²) in [6, 6.07) is 24.4. The molecular formula is C25H12ClNO2S. The molecule has 0 unspecified atom stereocenters. The average Bonchev–Trinajstić information content (AvgIpc) is 3.46. The van der Waals surface area contributed by atoms with E-state index in [9.17, 15) is 0 Å². The van der Waals surface area contributed by atoms with Crippen LogP contribution in [0, 0.1) is 0 Å². The van der Waals surface area contributed by atoms with Crippen molar-refractivity contribution in [3.05, 3.63) is 77.8 Å². The van der Waals surface area contributed by atoms with E-state index in [4.69, 9.17) is 25.4 Å². The summed E-state index contributed by atoms with van der Waals surface area (Å²) in [5, 5.41) is 4.79. The van der Waals surface area contributed by atoms with Gasteiger partial charge in [-0.1, -0.05) is 54.1 Å². The van der Waals surface area contributed by atoms with Gasteiger partial charge in [0.25, 0.3) is 0 Å². The predicted octanol–water partition coefficient (Wildman–Crippen LogP) is 8.42. The Labute approximate surface area is 179 Å². The van der Waals surface area contributed by atoms with Gasteiger partial charge < -0.3 is 8.83 Å². The molecule has 7 aromatic rings. The Kier molecular flexibility index (Phi) is 3.21. The summed E-state index contributed by atoms with van der Waals surface area (Å²) in [5.41, 5.74) is 3.84. The van der Waals surface area contributed by atoms with Gasteiger partial charge >= 0.3 is 0 Å². The van der Waals surface area contributed by atoms with Crippen LogP contribution in [0.15, 0.2) is 81.6 Å². The molecule has 0 N–H and O–H groups in total. The lowest BCUT2D eigenvalue weighted by atomic mass is 10.1. The maximum absolute atomic E-state index is 6.54. The average molecular weight is 426 g/mol. The number of aromatic nitrogens is 1. The largest absolute Gasteiger partial charge is 0.454 e. The van der Waals surface area contributed by atoms with Gasteiger partial charge in [-0.25, -0.2) is 4.98 Å². The highest BCUT2D eigenvalue weighted by atomic mass is 35.5. The number of furan rings is 1. The molecule has 0 aliphatic carbocycles. The molecule has 0 saturated carbocycles. The van der Waals surface area contributed by atoms with Gasteiger partial charge in [-0.05, 0) is 24.3 Å². The van der Waals surface area contributed by atoms with Crippen molar-refractivity contribution in [1.82, 2.24) is 4.98 Å². The fourth-order valence-electron chi connectivity index (χ4n) is 4.31. The molecule has 0 saturated heterocycles. The lowest BCUT2D eigenvalue weighted by Gasteiger charge is -1.99. The molecule has 0 bridgehead atoms. The molecule has 0 aliphatic rings. The summed E-state index contributed by atoms with van der Waals surface area (Å²) >= 11 is 8.32. The molecule has 0 radical (unpaired) electrons. The Morgan fingerprint density at radius 3 is 2.47 bits per heavy atom. The molecule has 0 fully saturated rings. The molecule has 5 heteroatoms. The van der Waals surface area contributed by atoms with E-state index < -0.39 is 0 Å². The topological polar surface area (TPSA) is 39.2 Å². The zero-order valence-corrected chi connectivity index (χ0v) is 17.1. The van der Waals surface area contributed by atoms with Crippen LogP contribution in [0.3, 0.4) is 0 Å². The Morgan fingerprint density at radius 2 is 1.53 bits per heavy atom. The number of oxazole rings is 1. The van der Waals surface area contributed by atoms with Crippen molar-refractivity contribution < 1.29 is 8.83 Å². The minimum absolute atomic E-state index is 0.524. The SMILES string of the molecule is Clc1cc2oc(-c3cccc4sc5ccccc5c34)nc2c2c1oc1ccccc12. The number of para-hydroxylation sites is 1. The van der Waals surface area contributed by atoms with Gasteiger partial charge in [-0.2, -0.15) is 0 Å². The number of hydrogen-bond acceptors (Lipinski definition) is 4. The highest BCUT2D eigenvalue weighted by molar-refractivity contribution is 7.25. The number of benzene rings is 4. The van der Waals surface area contributed by atoms with Crippen molar-refractivity contribution in [3.8, 4) is 11.5 Å². The maximum atomic E-state index is 6.54. The summed E-state index contributed by atoms with van der Waals surface area (Å²) in [4.78, 5) is 4.93. The molecule has 0 amide bonds. The number of halogens is 1. The van der Waals surface area contributed by atoms with Crippen LogP contribution in [0.4, 0.5) is 0 Å². The van der Waals surface area contributed by atoms with Crippen LogP contribution < -0.4 is 0 Å². The second-order valence-electron chi connectivity index (χ2n) is 7.30. The summed E-state index contributed by atoms with van der Waals surface area (Å²) in [7, 11) is 0. The third-order valence-corrected chi connectivity index (χ3v) is 7.01. The van der Waals surface area contributed by atoms with E-state index in [2.05, 4.69) is 42.5 Å². The number of hydrogen-bond donors (Lipinski definition) is 0. The quantitative estimate of drug-likeness (QED) is 0.265. The van der Waals surface area contributed by atoms with Crippen molar-refractivity contribution in [2.45, 2.75) is 0 Å². The molecule has 142 valence electrons. The van der Waals surface area contributed by atoms with Gasteiger partial charge in [0, 0.05) is 37.2 Å². The third kappa shape index (κ3) is 2.12. The van der Waals surface area contributed by atoms with Gasteiger partial charge in [-0.3, -0.25) is 0 Å². The fraction of sp³-hybridized carbons (Fsp3) is 0. The smallest absolute Gasteiger partial charge is 0.228 e. The first kappa shape index (κ1) is 16.5. The van der Waals surface area contributed by atoms with Crippen LogP contribution >= 0.6 is 22.9 Å². The lowest BCUT2D eigenvalue weighted by molar-refractivity contribution is 0.620. The Hall–Kier alpha value is -3.34. The third-order valence-electron chi connectivity index (χ3n) is 5.59. The number of thiophene rings is 1. The summed E-state index contributed by atoms with van der Waals surface area (Å²) in [6.45, 7) is 0. The summed E-state index contributed by atoms with van der Waals surface area (Å²) in [6.07, 6.45) is 0. The van der Waals surface area contributed by atoms with Gasteiger partial charge in [-0.15, -0.1) is 11.3 Å². The summed E-state index contributed by atoms with van der Waals surface area (Å²) in [5.74, 6) is 0.591. The molecule has 0 aliphatic heterocycles. The first-order valence-electron chi connectivity index (χ1n) is 9.59. The molecule has 30 heavy (non-hydrogen) atoms. The van der Waals surface area contributed by atoms with Crippen molar-refractivity contribution in [1.29, 1.82) is 0 Å². The van der Waals surface area contributed by atoms with Crippen LogP contribution in [0.5, 0.6) is 0 Å². The fourth-order valence-corrected chi connectivity index (χ4v) is 5.67.